The van der Waals surface area contributed by atoms with Gasteiger partial charge in [-0.15, -0.1) is 0 Å². The Morgan fingerprint density at radius 1 is 1.15 bits per heavy atom. The number of rotatable bonds is 0. The van der Waals surface area contributed by atoms with Gasteiger partial charge in [0, 0.05) is 6.61 Å². The lowest BCUT2D eigenvalue weighted by Crippen LogP contribution is -2.36. The molecule has 4 heteroatoms. The van der Waals surface area contributed by atoms with E-state index in [-0.39, 0.29) is 18.9 Å². The molecule has 0 spiro atoms. The van der Waals surface area contributed by atoms with Crippen molar-refractivity contribution in [2.24, 2.45) is 5.92 Å². The van der Waals surface area contributed by atoms with Crippen LogP contribution in [-0.2, 0) is 4.74 Å². The van der Waals surface area contributed by atoms with E-state index in [4.69, 9.17) is 0 Å². The predicted molar refractivity (Wildman–Crippen MR) is 45.5 cm³/mol. The van der Waals surface area contributed by atoms with E-state index in [2.05, 4.69) is 4.74 Å². The van der Waals surface area contributed by atoms with Gasteiger partial charge in [0.25, 0.3) is 0 Å². The third-order valence-corrected chi connectivity index (χ3v) is 1.87. The maximum Gasteiger partial charge on any atom is 0.414 e. The van der Waals surface area contributed by atoms with E-state index in [1.54, 1.807) is 0 Å². The molecule has 0 amide bonds. The van der Waals surface area contributed by atoms with Gasteiger partial charge in [-0.05, 0) is 18.8 Å². The van der Waals surface area contributed by atoms with Crippen LogP contribution in [0.5, 0.6) is 0 Å². The average Bonchev–Trinajstić information content (AvgIpc) is 2.07. The summed E-state index contributed by atoms with van der Waals surface area (Å²) in [5.41, 5.74) is 0. The number of hydrogen-bond acceptors (Lipinski definition) is 1. The minimum Gasteiger partial charge on any atom is -0.369 e. The normalized spacial score (nSPS) is 29.1. The highest BCUT2D eigenvalue weighted by atomic mass is 19.4. The first-order valence-electron chi connectivity index (χ1n) is 4.68. The molecule has 0 radical (unpaired) electrons. The van der Waals surface area contributed by atoms with Crippen LogP contribution in [0.2, 0.25) is 0 Å². The van der Waals surface area contributed by atoms with Crippen LogP contribution in [0, 0.1) is 5.92 Å². The summed E-state index contributed by atoms with van der Waals surface area (Å²) < 4.78 is 40.5. The summed E-state index contributed by atoms with van der Waals surface area (Å²) in [7, 11) is 0. The van der Waals surface area contributed by atoms with Gasteiger partial charge in [-0.3, -0.25) is 0 Å². The molecule has 0 aromatic carbocycles. The van der Waals surface area contributed by atoms with E-state index < -0.39 is 12.3 Å². The topological polar surface area (TPSA) is 9.23 Å². The van der Waals surface area contributed by atoms with Crippen molar-refractivity contribution in [3.63, 3.8) is 0 Å². The van der Waals surface area contributed by atoms with Crippen LogP contribution in [0.25, 0.3) is 0 Å². The monoisotopic (exact) mass is 198 g/mol. The number of alkyl halides is 3. The molecule has 0 unspecified atom stereocenters. The van der Waals surface area contributed by atoms with Gasteiger partial charge < -0.3 is 4.74 Å². The van der Waals surface area contributed by atoms with Gasteiger partial charge in [0.15, 0.2) is 6.10 Å². The Morgan fingerprint density at radius 3 is 2.00 bits per heavy atom. The van der Waals surface area contributed by atoms with E-state index in [0.29, 0.717) is 6.42 Å². The number of halogens is 3. The van der Waals surface area contributed by atoms with Gasteiger partial charge in [-0.1, -0.05) is 20.8 Å². The fourth-order valence-corrected chi connectivity index (χ4v) is 1.14. The molecule has 13 heavy (non-hydrogen) atoms. The summed E-state index contributed by atoms with van der Waals surface area (Å²) in [6, 6.07) is 0. The molecule has 1 aliphatic rings. The van der Waals surface area contributed by atoms with Crippen molar-refractivity contribution in [3.8, 4) is 0 Å². The van der Waals surface area contributed by atoms with Crippen LogP contribution >= 0.6 is 0 Å². The average molecular weight is 198 g/mol. The standard InChI is InChI=1S/C7H11F3O.C2H6/c1-5-2-3-6(11-4-5)7(8,9)10;1-2/h5-6H,2-4H2,1H3;1-2H3/t5-,6-;/m0./s1. The summed E-state index contributed by atoms with van der Waals surface area (Å²) >= 11 is 0. The molecule has 1 nitrogen and oxygen atoms in total. The molecule has 0 aromatic heterocycles. The molecule has 1 fully saturated rings. The summed E-state index contributed by atoms with van der Waals surface area (Å²) in [6.07, 6.45) is -4.95. The third-order valence-electron chi connectivity index (χ3n) is 1.87. The molecule has 1 rings (SSSR count). The Kier molecular flexibility index (Phi) is 5.37. The molecule has 2 atom stereocenters. The van der Waals surface area contributed by atoms with Gasteiger partial charge in [-0.2, -0.15) is 13.2 Å². The van der Waals surface area contributed by atoms with Crippen molar-refractivity contribution in [2.75, 3.05) is 6.61 Å². The first-order valence-corrected chi connectivity index (χ1v) is 4.68. The summed E-state index contributed by atoms with van der Waals surface area (Å²) in [5, 5.41) is 0. The van der Waals surface area contributed by atoms with E-state index in [1.165, 1.54) is 0 Å². The van der Waals surface area contributed by atoms with Gasteiger partial charge in [0.2, 0.25) is 0 Å². The lowest BCUT2D eigenvalue weighted by atomic mass is 10.0. The molecule has 80 valence electrons. The van der Waals surface area contributed by atoms with Crippen molar-refractivity contribution in [3.05, 3.63) is 0 Å². The second-order valence-corrected chi connectivity index (χ2v) is 3.05. The van der Waals surface area contributed by atoms with E-state index in [0.717, 1.165) is 0 Å². The van der Waals surface area contributed by atoms with Crippen molar-refractivity contribution >= 4 is 0 Å². The Morgan fingerprint density at radius 2 is 1.69 bits per heavy atom. The van der Waals surface area contributed by atoms with Crippen molar-refractivity contribution in [1.29, 1.82) is 0 Å². The highest BCUT2D eigenvalue weighted by Crippen LogP contribution is 2.31. The minimum atomic E-state index is -4.17. The third kappa shape index (κ3) is 4.50. The van der Waals surface area contributed by atoms with Gasteiger partial charge in [0.05, 0.1) is 0 Å². The molecule has 0 saturated carbocycles. The van der Waals surface area contributed by atoms with Crippen LogP contribution in [-0.4, -0.2) is 18.9 Å². The van der Waals surface area contributed by atoms with Crippen molar-refractivity contribution in [2.45, 2.75) is 45.9 Å². The van der Waals surface area contributed by atoms with Gasteiger partial charge in [-0.25, -0.2) is 0 Å². The van der Waals surface area contributed by atoms with Crippen LogP contribution in [0.15, 0.2) is 0 Å². The predicted octanol–water partition coefficient (Wildman–Crippen LogP) is 3.39. The largest absolute Gasteiger partial charge is 0.414 e. The van der Waals surface area contributed by atoms with Crippen LogP contribution in [0.3, 0.4) is 0 Å². The SMILES string of the molecule is CC.C[C@H]1CC[C@@H](C(F)(F)F)OC1. The second kappa shape index (κ2) is 5.47. The summed E-state index contributed by atoms with van der Waals surface area (Å²) in [6.45, 7) is 6.14. The van der Waals surface area contributed by atoms with Gasteiger partial charge in [0.1, 0.15) is 0 Å². The minimum absolute atomic E-state index is 0.116. The molecular formula is C9H17F3O. The molecule has 1 heterocycles. The van der Waals surface area contributed by atoms with E-state index in [1.807, 2.05) is 20.8 Å². The molecular weight excluding hydrogens is 181 g/mol. The fourth-order valence-electron chi connectivity index (χ4n) is 1.14. The Labute approximate surface area is 77.3 Å². The second-order valence-electron chi connectivity index (χ2n) is 3.05. The zero-order valence-corrected chi connectivity index (χ0v) is 8.32. The highest BCUT2D eigenvalue weighted by Gasteiger charge is 2.42. The molecule has 1 saturated heterocycles. The lowest BCUT2D eigenvalue weighted by molar-refractivity contribution is -0.234. The van der Waals surface area contributed by atoms with Gasteiger partial charge >= 0.3 is 6.18 Å². The molecule has 0 aliphatic carbocycles. The smallest absolute Gasteiger partial charge is 0.369 e. The summed E-state index contributed by atoms with van der Waals surface area (Å²) in [5.74, 6) is 0.272. The number of ether oxygens (including phenoxy) is 1. The quantitative estimate of drug-likeness (QED) is 0.579. The van der Waals surface area contributed by atoms with Crippen LogP contribution < -0.4 is 0 Å². The molecule has 0 N–H and O–H groups in total. The lowest BCUT2D eigenvalue weighted by Gasteiger charge is -2.28. The number of hydrogen-bond donors (Lipinski definition) is 0. The highest BCUT2D eigenvalue weighted by molar-refractivity contribution is 4.73. The van der Waals surface area contributed by atoms with Crippen LogP contribution in [0.4, 0.5) is 13.2 Å². The van der Waals surface area contributed by atoms with E-state index in [9.17, 15) is 13.2 Å². The Hall–Kier alpha value is -0.250. The van der Waals surface area contributed by atoms with E-state index >= 15 is 0 Å². The first-order chi connectivity index (χ1) is 6.00. The molecule has 1 aliphatic heterocycles. The molecule has 0 bridgehead atoms. The first kappa shape index (κ1) is 12.8. The Balaban J connectivity index is 0.000000671. The zero-order valence-electron chi connectivity index (χ0n) is 8.32. The summed E-state index contributed by atoms with van der Waals surface area (Å²) in [4.78, 5) is 0. The maximum absolute atomic E-state index is 11.9. The maximum atomic E-state index is 11.9. The molecule has 0 aromatic rings. The van der Waals surface area contributed by atoms with Crippen molar-refractivity contribution in [1.82, 2.24) is 0 Å². The zero-order chi connectivity index (χ0) is 10.5. The van der Waals surface area contributed by atoms with Crippen molar-refractivity contribution < 1.29 is 17.9 Å². The Bertz CT molecular complexity index is 125. The van der Waals surface area contributed by atoms with Crippen LogP contribution in [0.1, 0.15) is 33.6 Å². The fraction of sp³-hybridized carbons (Fsp3) is 1.00.